The highest BCUT2D eigenvalue weighted by Crippen LogP contribution is 2.36. The fourth-order valence-corrected chi connectivity index (χ4v) is 3.32. The van der Waals surface area contributed by atoms with E-state index >= 15 is 0 Å². The largest absolute Gasteiger partial charge is 0.508 e. The second kappa shape index (κ2) is 8.42. The minimum absolute atomic E-state index is 0.159. The summed E-state index contributed by atoms with van der Waals surface area (Å²) in [7, 11) is 0. The Hall–Kier alpha value is -1.96. The third-order valence-corrected chi connectivity index (χ3v) is 4.18. The summed E-state index contributed by atoms with van der Waals surface area (Å²) in [5.41, 5.74) is 2.78. The highest BCUT2D eigenvalue weighted by atomic mass is 16.3. The van der Waals surface area contributed by atoms with E-state index in [2.05, 4.69) is 48.5 Å². The van der Waals surface area contributed by atoms with Gasteiger partial charge in [-0.2, -0.15) is 0 Å². The van der Waals surface area contributed by atoms with E-state index in [0.29, 0.717) is 22.8 Å². The van der Waals surface area contributed by atoms with E-state index in [9.17, 15) is 10.2 Å². The zero-order chi connectivity index (χ0) is 19.3. The normalized spacial score (nSPS) is 11.8. The molecule has 2 N–H and O–H groups in total. The lowest BCUT2D eigenvalue weighted by molar-refractivity contribution is 0.284. The van der Waals surface area contributed by atoms with Crippen molar-refractivity contribution in [2.75, 3.05) is 0 Å². The number of para-hydroxylation sites is 1. The molecule has 138 valence electrons. The molecule has 0 aliphatic carbocycles. The minimum atomic E-state index is 0.159. The highest BCUT2D eigenvalue weighted by molar-refractivity contribution is 5.34. The first-order valence-electron chi connectivity index (χ1n) is 9.00. The minimum Gasteiger partial charge on any atom is -0.508 e. The smallest absolute Gasteiger partial charge is 0.119 e. The van der Waals surface area contributed by atoms with Crippen LogP contribution in [0, 0.1) is 5.41 Å². The molecule has 25 heavy (non-hydrogen) atoms. The summed E-state index contributed by atoms with van der Waals surface area (Å²) in [6.07, 6.45) is 1.13. The van der Waals surface area contributed by atoms with Crippen molar-refractivity contribution in [2.24, 2.45) is 5.41 Å². The van der Waals surface area contributed by atoms with E-state index in [-0.39, 0.29) is 5.41 Å². The molecule has 0 bridgehead atoms. The summed E-state index contributed by atoms with van der Waals surface area (Å²) in [5, 5.41) is 18.5. The first-order chi connectivity index (χ1) is 11.4. The Balaban J connectivity index is 0.000000271. The molecule has 2 aromatic carbocycles. The molecule has 0 fully saturated rings. The Kier molecular flexibility index (Phi) is 7.10. The standard InChI is InChI=1S/C14H22O.C9H12O/c1-13(2,3)10-14(4,5)11-6-8-12(15)9-7-11;1-7(2)8-5-3-4-6-9(8)10/h6-9,15H,10H2,1-5H3;3-7,10H,1-2H3. The van der Waals surface area contributed by atoms with Crippen molar-refractivity contribution in [1.82, 2.24) is 0 Å². The molecule has 0 amide bonds. The Morgan fingerprint density at radius 1 is 0.800 bits per heavy atom. The summed E-state index contributed by atoms with van der Waals surface area (Å²) in [4.78, 5) is 0. The van der Waals surface area contributed by atoms with Crippen molar-refractivity contribution >= 4 is 0 Å². The molecule has 2 aromatic rings. The van der Waals surface area contributed by atoms with Crippen LogP contribution in [0.2, 0.25) is 0 Å². The van der Waals surface area contributed by atoms with E-state index in [0.717, 1.165) is 12.0 Å². The number of rotatable bonds is 3. The quantitative estimate of drug-likeness (QED) is 0.658. The van der Waals surface area contributed by atoms with Crippen molar-refractivity contribution in [1.29, 1.82) is 0 Å². The van der Waals surface area contributed by atoms with Gasteiger partial charge in [0, 0.05) is 0 Å². The van der Waals surface area contributed by atoms with Gasteiger partial charge in [0.05, 0.1) is 0 Å². The SMILES string of the molecule is CC(C)(C)CC(C)(C)c1ccc(O)cc1.CC(C)c1ccccc1O. The van der Waals surface area contributed by atoms with Crippen LogP contribution < -0.4 is 0 Å². The summed E-state index contributed by atoms with van der Waals surface area (Å²) < 4.78 is 0. The maximum Gasteiger partial charge on any atom is 0.119 e. The molecule has 0 saturated carbocycles. The number of phenols is 2. The molecule has 0 spiro atoms. The molecule has 0 heterocycles. The topological polar surface area (TPSA) is 40.5 Å². The second-order valence-electron chi connectivity index (χ2n) is 8.88. The lowest BCUT2D eigenvalue weighted by Crippen LogP contribution is -2.24. The number of aromatic hydroxyl groups is 2. The molecule has 0 radical (unpaired) electrons. The van der Waals surface area contributed by atoms with Gasteiger partial charge in [-0.25, -0.2) is 0 Å². The molecule has 0 aliphatic rings. The van der Waals surface area contributed by atoms with Crippen LogP contribution in [0.4, 0.5) is 0 Å². The fourth-order valence-electron chi connectivity index (χ4n) is 3.32. The van der Waals surface area contributed by atoms with Gasteiger partial charge in [-0.1, -0.05) is 78.8 Å². The van der Waals surface area contributed by atoms with Crippen LogP contribution in [-0.2, 0) is 5.41 Å². The van der Waals surface area contributed by atoms with Gasteiger partial charge in [-0.15, -0.1) is 0 Å². The molecule has 2 rings (SSSR count). The molecule has 0 aromatic heterocycles. The Morgan fingerprint density at radius 3 is 1.72 bits per heavy atom. The summed E-state index contributed by atoms with van der Waals surface area (Å²) in [6, 6.07) is 15.0. The molecule has 0 saturated heterocycles. The van der Waals surface area contributed by atoms with Crippen molar-refractivity contribution in [3.05, 3.63) is 59.7 Å². The molecule has 2 heteroatoms. The zero-order valence-electron chi connectivity index (χ0n) is 16.8. The molecule has 0 aliphatic heterocycles. The van der Waals surface area contributed by atoms with Gasteiger partial charge in [0.2, 0.25) is 0 Å². The second-order valence-corrected chi connectivity index (χ2v) is 8.88. The van der Waals surface area contributed by atoms with Crippen LogP contribution in [-0.4, -0.2) is 10.2 Å². The molecular formula is C23H34O2. The molecule has 0 unspecified atom stereocenters. The van der Waals surface area contributed by atoms with E-state index in [1.54, 1.807) is 18.2 Å². The monoisotopic (exact) mass is 342 g/mol. The first-order valence-corrected chi connectivity index (χ1v) is 9.00. The predicted molar refractivity (Wildman–Crippen MR) is 107 cm³/mol. The third kappa shape index (κ3) is 7.21. The lowest BCUT2D eigenvalue weighted by Gasteiger charge is -2.33. The molecule has 0 atom stereocenters. The van der Waals surface area contributed by atoms with Gasteiger partial charge < -0.3 is 10.2 Å². The maximum absolute atomic E-state index is 9.28. The van der Waals surface area contributed by atoms with Crippen molar-refractivity contribution in [3.63, 3.8) is 0 Å². The van der Waals surface area contributed by atoms with Crippen LogP contribution in [0.3, 0.4) is 0 Å². The average molecular weight is 343 g/mol. The highest BCUT2D eigenvalue weighted by Gasteiger charge is 2.26. The molecule has 2 nitrogen and oxygen atoms in total. The van der Waals surface area contributed by atoms with Crippen LogP contribution >= 0.6 is 0 Å². The maximum atomic E-state index is 9.28. The summed E-state index contributed by atoms with van der Waals surface area (Å²) >= 11 is 0. The van der Waals surface area contributed by atoms with E-state index < -0.39 is 0 Å². The van der Waals surface area contributed by atoms with Gasteiger partial charge in [0.15, 0.2) is 0 Å². The Labute approximate surface area is 153 Å². The number of hydrogen-bond acceptors (Lipinski definition) is 2. The van der Waals surface area contributed by atoms with Gasteiger partial charge in [0.25, 0.3) is 0 Å². The van der Waals surface area contributed by atoms with Gasteiger partial charge in [-0.05, 0) is 52.5 Å². The lowest BCUT2D eigenvalue weighted by atomic mass is 9.72. The van der Waals surface area contributed by atoms with Crippen LogP contribution in [0.15, 0.2) is 48.5 Å². The first kappa shape index (κ1) is 21.1. The van der Waals surface area contributed by atoms with Crippen molar-refractivity contribution in [3.8, 4) is 11.5 Å². The van der Waals surface area contributed by atoms with Crippen LogP contribution in [0.1, 0.15) is 71.9 Å². The van der Waals surface area contributed by atoms with Crippen LogP contribution in [0.5, 0.6) is 11.5 Å². The number of phenolic OH excluding ortho intramolecular Hbond substituents is 2. The van der Waals surface area contributed by atoms with E-state index in [1.165, 1.54) is 5.56 Å². The van der Waals surface area contributed by atoms with Gasteiger partial charge >= 0.3 is 0 Å². The number of benzene rings is 2. The average Bonchev–Trinajstić information content (AvgIpc) is 2.46. The molecular weight excluding hydrogens is 308 g/mol. The predicted octanol–water partition coefficient (Wildman–Crippen LogP) is 6.62. The summed E-state index contributed by atoms with van der Waals surface area (Å²) in [6.45, 7) is 15.4. The van der Waals surface area contributed by atoms with Crippen molar-refractivity contribution < 1.29 is 10.2 Å². The van der Waals surface area contributed by atoms with Crippen molar-refractivity contribution in [2.45, 2.75) is 66.2 Å². The third-order valence-electron chi connectivity index (χ3n) is 4.18. The van der Waals surface area contributed by atoms with E-state index in [4.69, 9.17) is 0 Å². The van der Waals surface area contributed by atoms with Gasteiger partial charge in [-0.3, -0.25) is 0 Å². The fraction of sp³-hybridized carbons (Fsp3) is 0.478. The zero-order valence-corrected chi connectivity index (χ0v) is 16.8. The van der Waals surface area contributed by atoms with Gasteiger partial charge in [0.1, 0.15) is 11.5 Å². The number of hydrogen-bond donors (Lipinski definition) is 2. The van der Waals surface area contributed by atoms with E-state index in [1.807, 2.05) is 30.3 Å². The summed E-state index contributed by atoms with van der Waals surface area (Å²) in [5.74, 6) is 1.14. The Bertz CT molecular complexity index is 647. The van der Waals surface area contributed by atoms with Crippen LogP contribution in [0.25, 0.3) is 0 Å². The Morgan fingerprint density at radius 2 is 1.32 bits per heavy atom.